The molecule has 1 aliphatic rings. The first-order chi connectivity index (χ1) is 7.61. The molecular weight excluding hydrogens is 202 g/mol. The first kappa shape index (κ1) is 11.2. The largest absolute Gasteiger partial charge is 0.332 e. The predicted octanol–water partition coefficient (Wildman–Crippen LogP) is 1.86. The van der Waals surface area contributed by atoms with Crippen LogP contribution in [0.2, 0.25) is 0 Å². The minimum atomic E-state index is 0.252. The van der Waals surface area contributed by atoms with Crippen molar-refractivity contribution >= 4 is 5.91 Å². The topological polar surface area (TPSA) is 49.0 Å². The van der Waals surface area contributed by atoms with Crippen LogP contribution in [0, 0.1) is 5.92 Å². The van der Waals surface area contributed by atoms with E-state index in [0.29, 0.717) is 18.9 Å². The molecule has 1 N–H and O–H groups in total. The highest BCUT2D eigenvalue weighted by Gasteiger charge is 2.27. The van der Waals surface area contributed by atoms with Crippen molar-refractivity contribution in [1.82, 2.24) is 15.1 Å². The molecule has 0 saturated carbocycles. The monoisotopic (exact) mass is 221 g/mol. The number of carbonyl (C=O) groups excluding carboxylic acids is 1. The molecule has 88 valence electrons. The highest BCUT2D eigenvalue weighted by atomic mass is 16.2. The Balaban J connectivity index is 2.05. The Morgan fingerprint density at radius 1 is 1.50 bits per heavy atom. The van der Waals surface area contributed by atoms with Gasteiger partial charge < -0.3 is 4.90 Å². The van der Waals surface area contributed by atoms with Crippen molar-refractivity contribution in [2.24, 2.45) is 5.92 Å². The summed E-state index contributed by atoms with van der Waals surface area (Å²) in [5, 5.41) is 7.28. The Morgan fingerprint density at radius 2 is 2.25 bits per heavy atom. The van der Waals surface area contributed by atoms with Gasteiger partial charge in [-0.1, -0.05) is 20.8 Å². The maximum absolute atomic E-state index is 11.9. The quantitative estimate of drug-likeness (QED) is 0.847. The molecule has 1 amide bonds. The van der Waals surface area contributed by atoms with E-state index < -0.39 is 0 Å². The normalized spacial score (nSPS) is 14.6. The Hall–Kier alpha value is -1.32. The lowest BCUT2D eigenvalue weighted by Crippen LogP contribution is -2.26. The second-order valence-corrected chi connectivity index (χ2v) is 4.83. The van der Waals surface area contributed by atoms with E-state index in [-0.39, 0.29) is 5.91 Å². The number of hydrogen-bond donors (Lipinski definition) is 1. The van der Waals surface area contributed by atoms with E-state index in [9.17, 15) is 4.79 Å². The predicted molar refractivity (Wildman–Crippen MR) is 61.7 cm³/mol. The number of aromatic nitrogens is 2. The summed E-state index contributed by atoms with van der Waals surface area (Å²) in [6.07, 6.45) is 1.57. The van der Waals surface area contributed by atoms with E-state index in [4.69, 9.17) is 0 Å². The zero-order chi connectivity index (χ0) is 11.7. The molecule has 1 aromatic heterocycles. The van der Waals surface area contributed by atoms with E-state index >= 15 is 0 Å². The van der Waals surface area contributed by atoms with E-state index in [1.54, 1.807) is 0 Å². The van der Waals surface area contributed by atoms with Crippen LogP contribution in [0.15, 0.2) is 0 Å². The molecule has 4 heteroatoms. The molecule has 4 nitrogen and oxygen atoms in total. The van der Waals surface area contributed by atoms with Crippen LogP contribution < -0.4 is 0 Å². The highest BCUT2D eigenvalue weighted by Crippen LogP contribution is 2.25. The summed E-state index contributed by atoms with van der Waals surface area (Å²) in [4.78, 5) is 13.8. The second-order valence-electron chi connectivity index (χ2n) is 4.83. The van der Waals surface area contributed by atoms with Crippen LogP contribution in [0.3, 0.4) is 0 Å². The standard InChI is InChI=1S/C12H19N3O/c1-4-10-9-6-15(7-11(9)14-13-10)12(16)5-8(2)3/h8H,4-7H2,1-3H3,(H,13,14). The summed E-state index contributed by atoms with van der Waals surface area (Å²) in [5.74, 6) is 0.678. The summed E-state index contributed by atoms with van der Waals surface area (Å²) < 4.78 is 0. The third kappa shape index (κ3) is 1.96. The molecule has 0 saturated heterocycles. The first-order valence-corrected chi connectivity index (χ1v) is 5.94. The van der Waals surface area contributed by atoms with Crippen molar-refractivity contribution in [3.63, 3.8) is 0 Å². The van der Waals surface area contributed by atoms with Gasteiger partial charge in [-0.15, -0.1) is 0 Å². The summed E-state index contributed by atoms with van der Waals surface area (Å²) in [7, 11) is 0. The smallest absolute Gasteiger partial charge is 0.223 e. The summed E-state index contributed by atoms with van der Waals surface area (Å²) in [6.45, 7) is 7.68. The van der Waals surface area contributed by atoms with E-state index in [1.165, 1.54) is 5.56 Å². The van der Waals surface area contributed by atoms with Gasteiger partial charge in [-0.2, -0.15) is 5.10 Å². The zero-order valence-electron chi connectivity index (χ0n) is 10.2. The summed E-state index contributed by atoms with van der Waals surface area (Å²) in [5.41, 5.74) is 3.46. The summed E-state index contributed by atoms with van der Waals surface area (Å²) >= 11 is 0. The maximum atomic E-state index is 11.9. The molecule has 0 radical (unpaired) electrons. The number of nitrogens with one attached hydrogen (secondary N) is 1. The Bertz CT molecular complexity index is 395. The van der Waals surface area contributed by atoms with Gasteiger partial charge in [0, 0.05) is 18.5 Å². The molecule has 0 fully saturated rings. The van der Waals surface area contributed by atoms with Crippen molar-refractivity contribution in [2.45, 2.75) is 46.7 Å². The lowest BCUT2D eigenvalue weighted by Gasteiger charge is -2.16. The fraction of sp³-hybridized carbons (Fsp3) is 0.667. The van der Waals surface area contributed by atoms with Gasteiger partial charge >= 0.3 is 0 Å². The molecule has 1 aliphatic heterocycles. The van der Waals surface area contributed by atoms with Crippen LogP contribution in [-0.2, 0) is 24.3 Å². The van der Waals surface area contributed by atoms with Crippen molar-refractivity contribution in [3.05, 3.63) is 17.0 Å². The molecule has 2 rings (SSSR count). The van der Waals surface area contributed by atoms with Gasteiger partial charge in [0.1, 0.15) is 0 Å². The first-order valence-electron chi connectivity index (χ1n) is 5.94. The highest BCUT2D eigenvalue weighted by molar-refractivity contribution is 5.77. The molecule has 0 unspecified atom stereocenters. The van der Waals surface area contributed by atoms with Gasteiger partial charge in [0.25, 0.3) is 0 Å². The number of aryl methyl sites for hydroxylation is 1. The number of aromatic amines is 1. The second kappa shape index (κ2) is 4.28. The van der Waals surface area contributed by atoms with Crippen molar-refractivity contribution in [1.29, 1.82) is 0 Å². The zero-order valence-corrected chi connectivity index (χ0v) is 10.2. The third-order valence-corrected chi connectivity index (χ3v) is 3.01. The Morgan fingerprint density at radius 3 is 2.88 bits per heavy atom. The average Bonchev–Trinajstić information content (AvgIpc) is 2.74. The van der Waals surface area contributed by atoms with E-state index in [2.05, 4.69) is 31.0 Å². The lowest BCUT2D eigenvalue weighted by molar-refractivity contribution is -0.132. The van der Waals surface area contributed by atoms with Crippen molar-refractivity contribution in [2.75, 3.05) is 0 Å². The van der Waals surface area contributed by atoms with Crippen molar-refractivity contribution < 1.29 is 4.79 Å². The molecule has 0 spiro atoms. The van der Waals surface area contributed by atoms with Crippen LogP contribution in [0.25, 0.3) is 0 Å². The number of H-pyrrole nitrogens is 1. The molecular formula is C12H19N3O. The number of hydrogen-bond acceptors (Lipinski definition) is 2. The van der Waals surface area contributed by atoms with E-state index in [1.807, 2.05) is 4.90 Å². The molecule has 0 bridgehead atoms. The Labute approximate surface area is 96.0 Å². The van der Waals surface area contributed by atoms with Gasteiger partial charge in [-0.25, -0.2) is 0 Å². The van der Waals surface area contributed by atoms with Crippen LogP contribution in [0.1, 0.15) is 44.1 Å². The van der Waals surface area contributed by atoms with Gasteiger partial charge in [0.2, 0.25) is 5.91 Å². The maximum Gasteiger partial charge on any atom is 0.223 e. The van der Waals surface area contributed by atoms with Gasteiger partial charge in [0.15, 0.2) is 0 Å². The minimum absolute atomic E-state index is 0.252. The lowest BCUT2D eigenvalue weighted by atomic mass is 10.1. The van der Waals surface area contributed by atoms with Gasteiger partial charge in [0.05, 0.1) is 17.9 Å². The number of carbonyl (C=O) groups is 1. The fourth-order valence-electron chi connectivity index (χ4n) is 2.15. The fourth-order valence-corrected chi connectivity index (χ4v) is 2.15. The number of nitrogens with zero attached hydrogens (tertiary/aromatic N) is 2. The molecule has 2 heterocycles. The Kier molecular flexibility index (Phi) is 2.99. The van der Waals surface area contributed by atoms with Crippen LogP contribution in [0.5, 0.6) is 0 Å². The number of amides is 1. The number of rotatable bonds is 3. The average molecular weight is 221 g/mol. The van der Waals surface area contributed by atoms with Gasteiger partial charge in [-0.05, 0) is 12.3 Å². The molecule has 0 atom stereocenters. The van der Waals surface area contributed by atoms with Gasteiger partial charge in [-0.3, -0.25) is 9.89 Å². The molecule has 16 heavy (non-hydrogen) atoms. The van der Waals surface area contributed by atoms with Crippen LogP contribution in [-0.4, -0.2) is 21.0 Å². The SMILES string of the molecule is CCc1n[nH]c2c1CN(C(=O)CC(C)C)C2. The van der Waals surface area contributed by atoms with Crippen LogP contribution >= 0.6 is 0 Å². The molecule has 0 aromatic carbocycles. The molecule has 0 aliphatic carbocycles. The minimum Gasteiger partial charge on any atom is -0.332 e. The molecule has 1 aromatic rings. The third-order valence-electron chi connectivity index (χ3n) is 3.01. The van der Waals surface area contributed by atoms with Crippen molar-refractivity contribution in [3.8, 4) is 0 Å². The van der Waals surface area contributed by atoms with E-state index in [0.717, 1.165) is 24.4 Å². The van der Waals surface area contributed by atoms with Crippen LogP contribution in [0.4, 0.5) is 0 Å². The summed E-state index contributed by atoms with van der Waals surface area (Å²) in [6, 6.07) is 0. The number of fused-ring (bicyclic) bond motifs is 1.